The summed E-state index contributed by atoms with van der Waals surface area (Å²) in [4.78, 5) is 0. The zero-order valence-corrected chi connectivity index (χ0v) is 11.9. The topological polar surface area (TPSA) is 0 Å². The summed E-state index contributed by atoms with van der Waals surface area (Å²) < 4.78 is 0. The van der Waals surface area contributed by atoms with Crippen molar-refractivity contribution in [3.8, 4) is 22.3 Å². The van der Waals surface area contributed by atoms with Crippen LogP contribution in [0.25, 0.3) is 22.3 Å². The van der Waals surface area contributed by atoms with Gasteiger partial charge in [-0.2, -0.15) is 0 Å². The minimum Gasteiger partial charge on any atom is -0.0776 e. The first-order valence-corrected chi connectivity index (χ1v) is 6.96. The lowest BCUT2D eigenvalue weighted by atomic mass is 9.98. The van der Waals surface area contributed by atoms with Gasteiger partial charge < -0.3 is 0 Å². The van der Waals surface area contributed by atoms with Crippen molar-refractivity contribution in [2.24, 2.45) is 0 Å². The molecule has 0 nitrogen and oxygen atoms in total. The van der Waals surface area contributed by atoms with Crippen LogP contribution in [0, 0.1) is 13.8 Å². The van der Waals surface area contributed by atoms with Crippen molar-refractivity contribution < 1.29 is 0 Å². The quantitative estimate of drug-likeness (QED) is 0.458. The second kappa shape index (κ2) is 8.95. The van der Waals surface area contributed by atoms with Crippen LogP contribution in [0.2, 0.25) is 0 Å². The van der Waals surface area contributed by atoms with Gasteiger partial charge in [-0.1, -0.05) is 100 Å². The Kier molecular flexibility index (Phi) is 8.04. The van der Waals surface area contributed by atoms with Crippen LogP contribution in [-0.4, -0.2) is 0 Å². The van der Waals surface area contributed by atoms with Gasteiger partial charge in [0.25, 0.3) is 0 Å². The molecule has 0 radical (unpaired) electrons. The Balaban J connectivity index is 0.00000161. The van der Waals surface area contributed by atoms with E-state index in [1.54, 1.807) is 0 Å². The van der Waals surface area contributed by atoms with Gasteiger partial charge in [0, 0.05) is 0 Å². The highest BCUT2D eigenvalue weighted by atomic mass is 14.1. The molecule has 3 rings (SSSR count). The summed E-state index contributed by atoms with van der Waals surface area (Å²) in [6.07, 6.45) is 0. The third kappa shape index (κ3) is 4.82. The van der Waals surface area contributed by atoms with Gasteiger partial charge in [0.2, 0.25) is 0 Å². The zero-order valence-electron chi connectivity index (χ0n) is 11.9. The molecular formula is C23H30. The average molecular weight is 306 g/mol. The fourth-order valence-electron chi connectivity index (χ4n) is 2.37. The molecule has 0 fully saturated rings. The fraction of sp³-hybridized carbons (Fsp3) is 0.217. The number of rotatable bonds is 2. The predicted octanol–water partition coefficient (Wildman–Crippen LogP) is 7.55. The number of hydrogen-bond donors (Lipinski definition) is 0. The fourth-order valence-corrected chi connectivity index (χ4v) is 2.37. The summed E-state index contributed by atoms with van der Waals surface area (Å²) in [6, 6.07) is 26.1. The smallest absolute Gasteiger partial charge is 0.0178 e. The molecule has 0 aromatic heterocycles. The summed E-state index contributed by atoms with van der Waals surface area (Å²) in [5, 5.41) is 0. The molecule has 0 heterocycles. The van der Waals surface area contributed by atoms with Gasteiger partial charge in [-0.05, 0) is 42.2 Å². The van der Waals surface area contributed by atoms with Gasteiger partial charge in [0.05, 0.1) is 0 Å². The highest BCUT2D eigenvalue weighted by Crippen LogP contribution is 2.26. The Morgan fingerprint density at radius 2 is 0.783 bits per heavy atom. The van der Waals surface area contributed by atoms with Crippen LogP contribution in [0.1, 0.15) is 33.4 Å². The molecule has 3 aromatic rings. The number of benzene rings is 3. The van der Waals surface area contributed by atoms with E-state index in [9.17, 15) is 0 Å². The summed E-state index contributed by atoms with van der Waals surface area (Å²) >= 11 is 0. The highest BCUT2D eigenvalue weighted by molar-refractivity contribution is 5.73. The van der Waals surface area contributed by atoms with E-state index >= 15 is 0 Å². The number of hydrogen-bond acceptors (Lipinski definition) is 0. The monoisotopic (exact) mass is 306 g/mol. The van der Waals surface area contributed by atoms with Crippen LogP contribution in [0.4, 0.5) is 0 Å². The Labute approximate surface area is 142 Å². The molecule has 0 spiro atoms. The van der Waals surface area contributed by atoms with Gasteiger partial charge in [-0.25, -0.2) is 0 Å². The maximum Gasteiger partial charge on any atom is -0.0178 e. The van der Waals surface area contributed by atoms with Crippen molar-refractivity contribution in [3.05, 3.63) is 83.9 Å². The van der Waals surface area contributed by atoms with Crippen molar-refractivity contribution in [3.63, 3.8) is 0 Å². The molecule has 0 heteroatoms. The number of aryl methyl sites for hydroxylation is 2. The van der Waals surface area contributed by atoms with Crippen LogP contribution in [0.3, 0.4) is 0 Å². The molecule has 0 bridgehead atoms. The van der Waals surface area contributed by atoms with Crippen LogP contribution < -0.4 is 0 Å². The largest absolute Gasteiger partial charge is 0.0776 e. The van der Waals surface area contributed by atoms with Crippen LogP contribution >= 0.6 is 0 Å². The van der Waals surface area contributed by atoms with E-state index in [4.69, 9.17) is 0 Å². The molecule has 0 unspecified atom stereocenters. The van der Waals surface area contributed by atoms with E-state index in [0.29, 0.717) is 0 Å². The summed E-state index contributed by atoms with van der Waals surface area (Å²) in [7, 11) is 0. The molecule has 23 heavy (non-hydrogen) atoms. The Morgan fingerprint density at radius 3 is 1.13 bits per heavy atom. The van der Waals surface area contributed by atoms with Crippen molar-refractivity contribution in [1.82, 2.24) is 0 Å². The second-order valence-electron chi connectivity index (χ2n) is 5.31. The zero-order chi connectivity index (χ0) is 13.9. The minimum absolute atomic E-state index is 0. The van der Waals surface area contributed by atoms with Crippen molar-refractivity contribution in [2.75, 3.05) is 0 Å². The van der Waals surface area contributed by atoms with Gasteiger partial charge in [-0.3, -0.25) is 0 Å². The summed E-state index contributed by atoms with van der Waals surface area (Å²) in [6.45, 7) is 4.24. The molecule has 0 saturated heterocycles. The molecule has 0 saturated carbocycles. The van der Waals surface area contributed by atoms with Gasteiger partial charge >= 0.3 is 0 Å². The minimum atomic E-state index is 0. The Hall–Kier alpha value is -2.34. The summed E-state index contributed by atoms with van der Waals surface area (Å²) in [5.74, 6) is 0. The molecule has 122 valence electrons. The third-order valence-electron chi connectivity index (χ3n) is 3.63. The van der Waals surface area contributed by atoms with Crippen molar-refractivity contribution in [2.45, 2.75) is 36.1 Å². The van der Waals surface area contributed by atoms with Gasteiger partial charge in [-0.15, -0.1) is 0 Å². The lowest BCUT2D eigenvalue weighted by Crippen LogP contribution is -1.82. The molecule has 0 aliphatic heterocycles. The first-order valence-electron chi connectivity index (χ1n) is 6.96. The highest BCUT2D eigenvalue weighted by Gasteiger charge is 2.01. The molecule has 0 aliphatic rings. The van der Waals surface area contributed by atoms with E-state index in [-0.39, 0.29) is 22.3 Å². The van der Waals surface area contributed by atoms with Crippen LogP contribution in [0.15, 0.2) is 72.8 Å². The molecule has 0 atom stereocenters. The van der Waals surface area contributed by atoms with E-state index in [0.717, 1.165) is 0 Å². The third-order valence-corrected chi connectivity index (χ3v) is 3.63. The first-order chi connectivity index (χ1) is 9.72. The van der Waals surface area contributed by atoms with E-state index < -0.39 is 0 Å². The molecule has 0 amide bonds. The SMILES string of the molecule is C.C.C.Cc1ccc(-c2cccc(-c3ccc(C)cc3)c2)cc1. The second-order valence-corrected chi connectivity index (χ2v) is 5.31. The molecule has 3 aromatic carbocycles. The van der Waals surface area contributed by atoms with Gasteiger partial charge in [0.1, 0.15) is 0 Å². The van der Waals surface area contributed by atoms with E-state index in [1.807, 2.05) is 0 Å². The standard InChI is InChI=1S/C20H18.3CH4/c1-15-6-10-17(11-7-15)19-4-3-5-20(14-19)18-12-8-16(2)9-13-18;;;/h3-14H,1-2H3;3*1H4. The maximum atomic E-state index is 2.26. The van der Waals surface area contributed by atoms with Crippen LogP contribution in [-0.2, 0) is 0 Å². The summed E-state index contributed by atoms with van der Waals surface area (Å²) in [5.41, 5.74) is 7.66. The average Bonchev–Trinajstić information content (AvgIpc) is 2.49. The van der Waals surface area contributed by atoms with E-state index in [1.165, 1.54) is 33.4 Å². The Morgan fingerprint density at radius 1 is 0.435 bits per heavy atom. The molecule has 0 N–H and O–H groups in total. The maximum absolute atomic E-state index is 2.26. The Bertz CT molecular complexity index is 643. The van der Waals surface area contributed by atoms with Crippen LogP contribution in [0.5, 0.6) is 0 Å². The lowest BCUT2D eigenvalue weighted by molar-refractivity contribution is 1.46. The molecular weight excluding hydrogens is 276 g/mol. The molecule has 0 aliphatic carbocycles. The first kappa shape index (κ1) is 20.7. The lowest BCUT2D eigenvalue weighted by Gasteiger charge is -2.07. The van der Waals surface area contributed by atoms with Crippen molar-refractivity contribution >= 4 is 0 Å². The normalized spacial score (nSPS) is 9.13. The van der Waals surface area contributed by atoms with E-state index in [2.05, 4.69) is 86.6 Å². The van der Waals surface area contributed by atoms with Crippen molar-refractivity contribution in [1.29, 1.82) is 0 Å². The predicted molar refractivity (Wildman–Crippen MR) is 107 cm³/mol. The van der Waals surface area contributed by atoms with Gasteiger partial charge in [0.15, 0.2) is 0 Å².